The Bertz CT molecular complexity index is 1000. The fraction of sp³-hybridized carbons (Fsp3) is 0.550. The fourth-order valence-corrected chi connectivity index (χ4v) is 4.37. The van der Waals surface area contributed by atoms with Gasteiger partial charge in [0.25, 0.3) is 0 Å². The van der Waals surface area contributed by atoms with Crippen LogP contribution in [0.3, 0.4) is 0 Å². The van der Waals surface area contributed by atoms with E-state index < -0.39 is 5.95 Å². The first-order valence-corrected chi connectivity index (χ1v) is 11.2. The molecule has 30 heavy (non-hydrogen) atoms. The summed E-state index contributed by atoms with van der Waals surface area (Å²) in [6, 6.07) is 1.72. The standard InChI is InChI=1S/C20H28FN7OS/c1-11(2)14-8-24-28-18(25-12(3)20-26-16(21)10-30-20)6-17(27-19(14)28)23-7-13-4-5-22-9-15(13)29/h6,8,10-13,15,22,25,29H,4-5,7,9H2,1-3H3,(H,23,27)/t12-,13?,15-/m0/s1. The monoisotopic (exact) mass is 433 g/mol. The van der Waals surface area contributed by atoms with Crippen LogP contribution in [-0.2, 0) is 0 Å². The maximum Gasteiger partial charge on any atom is 0.223 e. The molecule has 0 aromatic carbocycles. The van der Waals surface area contributed by atoms with Gasteiger partial charge in [-0.15, -0.1) is 11.3 Å². The highest BCUT2D eigenvalue weighted by atomic mass is 32.1. The van der Waals surface area contributed by atoms with Crippen molar-refractivity contribution in [2.24, 2.45) is 5.92 Å². The molecule has 8 nitrogen and oxygen atoms in total. The molecule has 3 aromatic rings. The van der Waals surface area contributed by atoms with Crippen LogP contribution in [-0.4, -0.2) is 50.4 Å². The van der Waals surface area contributed by atoms with Gasteiger partial charge >= 0.3 is 0 Å². The van der Waals surface area contributed by atoms with Crippen molar-refractivity contribution in [3.63, 3.8) is 0 Å². The summed E-state index contributed by atoms with van der Waals surface area (Å²) in [4.78, 5) is 8.73. The molecular weight excluding hydrogens is 405 g/mol. The molecule has 0 bridgehead atoms. The summed E-state index contributed by atoms with van der Waals surface area (Å²) in [6.45, 7) is 8.33. The van der Waals surface area contributed by atoms with Crippen molar-refractivity contribution in [1.82, 2.24) is 24.9 Å². The highest BCUT2D eigenvalue weighted by molar-refractivity contribution is 7.09. The van der Waals surface area contributed by atoms with Crippen molar-refractivity contribution >= 4 is 28.6 Å². The van der Waals surface area contributed by atoms with Crippen molar-refractivity contribution in [3.05, 3.63) is 34.2 Å². The summed E-state index contributed by atoms with van der Waals surface area (Å²) in [5, 5.41) is 26.8. The first kappa shape index (κ1) is 21.0. The van der Waals surface area contributed by atoms with Crippen molar-refractivity contribution in [3.8, 4) is 0 Å². The van der Waals surface area contributed by atoms with Gasteiger partial charge < -0.3 is 21.1 Å². The second-order valence-electron chi connectivity index (χ2n) is 8.09. The van der Waals surface area contributed by atoms with E-state index in [1.54, 1.807) is 4.52 Å². The van der Waals surface area contributed by atoms with Crippen LogP contribution < -0.4 is 16.0 Å². The summed E-state index contributed by atoms with van der Waals surface area (Å²) in [5.41, 5.74) is 1.83. The van der Waals surface area contributed by atoms with Gasteiger partial charge in [0, 0.05) is 36.0 Å². The fourth-order valence-electron chi connectivity index (χ4n) is 3.70. The van der Waals surface area contributed by atoms with Crippen molar-refractivity contribution < 1.29 is 9.50 Å². The van der Waals surface area contributed by atoms with E-state index in [9.17, 15) is 9.50 Å². The number of anilines is 2. The minimum Gasteiger partial charge on any atom is -0.391 e. The van der Waals surface area contributed by atoms with E-state index in [0.29, 0.717) is 18.1 Å². The van der Waals surface area contributed by atoms with Crippen LogP contribution in [0.1, 0.15) is 49.7 Å². The molecule has 0 amide bonds. The summed E-state index contributed by atoms with van der Waals surface area (Å²) >= 11 is 1.28. The molecule has 1 saturated heterocycles. The molecule has 0 aliphatic carbocycles. The Labute approximate surface area is 178 Å². The number of hydrogen-bond acceptors (Lipinski definition) is 8. The maximum absolute atomic E-state index is 13.4. The number of β-amino-alcohol motifs (C(OH)–C–C–N with tert-alkyl or cyclic N) is 1. The number of rotatable bonds is 7. The average Bonchev–Trinajstić information content (AvgIpc) is 3.34. The number of piperidine rings is 1. The Balaban J connectivity index is 1.62. The van der Waals surface area contributed by atoms with E-state index >= 15 is 0 Å². The number of aromatic nitrogens is 4. The molecule has 1 aliphatic rings. The minimum atomic E-state index is -0.465. The van der Waals surface area contributed by atoms with E-state index in [0.717, 1.165) is 35.8 Å². The number of fused-ring (bicyclic) bond motifs is 1. The van der Waals surface area contributed by atoms with Crippen LogP contribution in [0.2, 0.25) is 0 Å². The Morgan fingerprint density at radius 3 is 2.90 bits per heavy atom. The summed E-state index contributed by atoms with van der Waals surface area (Å²) < 4.78 is 15.1. The van der Waals surface area contributed by atoms with Gasteiger partial charge in [-0.3, -0.25) is 0 Å². The summed E-state index contributed by atoms with van der Waals surface area (Å²) in [6.07, 6.45) is 2.39. The number of halogens is 1. The first-order chi connectivity index (χ1) is 14.4. The first-order valence-electron chi connectivity index (χ1n) is 10.3. The number of thiazole rings is 1. The lowest BCUT2D eigenvalue weighted by Crippen LogP contribution is -2.43. The Morgan fingerprint density at radius 1 is 1.37 bits per heavy atom. The minimum absolute atomic E-state index is 0.174. The van der Waals surface area contributed by atoms with Crippen LogP contribution >= 0.6 is 11.3 Å². The van der Waals surface area contributed by atoms with E-state index in [1.807, 2.05) is 19.2 Å². The van der Waals surface area contributed by atoms with Gasteiger partial charge in [0.2, 0.25) is 5.95 Å². The van der Waals surface area contributed by atoms with Gasteiger partial charge in [-0.25, -0.2) is 9.97 Å². The Morgan fingerprint density at radius 2 is 2.20 bits per heavy atom. The zero-order valence-corrected chi connectivity index (χ0v) is 18.2. The van der Waals surface area contributed by atoms with Crippen molar-refractivity contribution in [1.29, 1.82) is 0 Å². The molecule has 0 radical (unpaired) electrons. The third kappa shape index (κ3) is 4.40. The second kappa shape index (κ2) is 8.83. The molecule has 0 spiro atoms. The molecular formula is C20H28FN7OS. The van der Waals surface area contributed by atoms with E-state index in [-0.39, 0.29) is 24.0 Å². The van der Waals surface area contributed by atoms with Crippen LogP contribution in [0.15, 0.2) is 17.6 Å². The van der Waals surface area contributed by atoms with Crippen LogP contribution in [0.4, 0.5) is 16.0 Å². The predicted octanol–water partition coefficient (Wildman–Crippen LogP) is 3.00. The van der Waals surface area contributed by atoms with Gasteiger partial charge in [0.05, 0.1) is 18.3 Å². The topological polar surface area (TPSA) is 99.4 Å². The largest absolute Gasteiger partial charge is 0.391 e. The Hall–Kier alpha value is -2.30. The lowest BCUT2D eigenvalue weighted by atomic mass is 9.95. The molecule has 1 aliphatic heterocycles. The van der Waals surface area contributed by atoms with Crippen LogP contribution in [0.5, 0.6) is 0 Å². The van der Waals surface area contributed by atoms with Gasteiger partial charge in [-0.1, -0.05) is 13.8 Å². The molecule has 4 heterocycles. The maximum atomic E-state index is 13.4. The molecule has 3 aromatic heterocycles. The van der Waals surface area contributed by atoms with E-state index in [1.165, 1.54) is 16.7 Å². The van der Waals surface area contributed by atoms with E-state index in [4.69, 9.17) is 4.98 Å². The number of nitrogens with zero attached hydrogens (tertiary/aromatic N) is 4. The predicted molar refractivity (Wildman–Crippen MR) is 117 cm³/mol. The van der Waals surface area contributed by atoms with Crippen molar-refractivity contribution in [2.75, 3.05) is 30.3 Å². The summed E-state index contributed by atoms with van der Waals surface area (Å²) in [7, 11) is 0. The molecule has 10 heteroatoms. The zero-order chi connectivity index (χ0) is 21.3. The van der Waals surface area contributed by atoms with Gasteiger partial charge in [-0.2, -0.15) is 14.0 Å². The molecule has 4 N–H and O–H groups in total. The van der Waals surface area contributed by atoms with E-state index in [2.05, 4.69) is 39.9 Å². The quantitative estimate of drug-likeness (QED) is 0.455. The highest BCUT2D eigenvalue weighted by Crippen LogP contribution is 2.27. The number of nitrogens with one attached hydrogen (secondary N) is 3. The van der Waals surface area contributed by atoms with Crippen LogP contribution in [0.25, 0.3) is 5.65 Å². The third-order valence-corrected chi connectivity index (χ3v) is 6.48. The Kier molecular flexibility index (Phi) is 6.16. The van der Waals surface area contributed by atoms with Crippen molar-refractivity contribution in [2.45, 2.75) is 45.3 Å². The molecule has 162 valence electrons. The molecule has 1 fully saturated rings. The lowest BCUT2D eigenvalue weighted by molar-refractivity contribution is 0.0883. The van der Waals surface area contributed by atoms with Gasteiger partial charge in [-0.05, 0) is 25.8 Å². The number of hydrogen-bond donors (Lipinski definition) is 4. The molecule has 1 unspecified atom stereocenters. The molecule has 4 rings (SSSR count). The second-order valence-corrected chi connectivity index (χ2v) is 8.98. The van der Waals surface area contributed by atoms with Gasteiger partial charge in [0.1, 0.15) is 16.6 Å². The average molecular weight is 434 g/mol. The third-order valence-electron chi connectivity index (χ3n) is 5.48. The summed E-state index contributed by atoms with van der Waals surface area (Å²) in [5.74, 6) is 1.45. The van der Waals surface area contributed by atoms with Crippen LogP contribution in [0, 0.1) is 11.9 Å². The zero-order valence-electron chi connectivity index (χ0n) is 17.4. The normalized spacial score (nSPS) is 20.6. The van der Waals surface area contributed by atoms with Gasteiger partial charge in [0.15, 0.2) is 5.65 Å². The molecule has 0 saturated carbocycles. The SMILES string of the molecule is CC(C)c1cnn2c(N[C@@H](C)c3nc(F)cs3)cc(NCC3CCNC[C@@H]3O)nc12. The number of aliphatic hydroxyl groups excluding tert-OH is 1. The molecule has 3 atom stereocenters. The highest BCUT2D eigenvalue weighted by Gasteiger charge is 2.23. The number of aliphatic hydroxyl groups is 1. The smallest absolute Gasteiger partial charge is 0.223 e. The lowest BCUT2D eigenvalue weighted by Gasteiger charge is -2.28.